The zero-order chi connectivity index (χ0) is 20.7. The molecule has 150 valence electrons. The normalized spacial score (nSPS) is 11.0. The number of sulfonamides is 1. The molecule has 0 saturated carbocycles. The van der Waals surface area contributed by atoms with Gasteiger partial charge in [-0.2, -0.15) is 0 Å². The summed E-state index contributed by atoms with van der Waals surface area (Å²) in [7, 11) is -4.06. The minimum Gasteiger partial charge on any atom is -0.465 e. The summed E-state index contributed by atoms with van der Waals surface area (Å²) in [5.74, 6) is -1.26. The highest BCUT2D eigenvalue weighted by atomic mass is 32.2. The van der Waals surface area contributed by atoms with Crippen molar-refractivity contribution in [2.45, 2.75) is 25.7 Å². The van der Waals surface area contributed by atoms with Crippen molar-refractivity contribution in [2.24, 2.45) is 0 Å². The van der Waals surface area contributed by atoms with Crippen LogP contribution in [0.15, 0.2) is 53.4 Å². The number of rotatable bonds is 8. The molecule has 7 nitrogen and oxygen atoms in total. The lowest BCUT2D eigenvalue weighted by molar-refractivity contribution is -0.141. The highest BCUT2D eigenvalue weighted by molar-refractivity contribution is 7.92. The maximum Gasteiger partial charge on any atom is 0.338 e. The second-order valence-corrected chi connectivity index (χ2v) is 7.71. The van der Waals surface area contributed by atoms with Gasteiger partial charge in [0.1, 0.15) is 6.54 Å². The van der Waals surface area contributed by atoms with Crippen molar-refractivity contribution >= 4 is 27.6 Å². The highest BCUT2D eigenvalue weighted by Crippen LogP contribution is 2.28. The average Bonchev–Trinajstić information content (AvgIpc) is 2.68. The Morgan fingerprint density at radius 3 is 2.21 bits per heavy atom. The molecule has 0 heterocycles. The fourth-order valence-electron chi connectivity index (χ4n) is 2.56. The van der Waals surface area contributed by atoms with E-state index in [1.54, 1.807) is 51.1 Å². The van der Waals surface area contributed by atoms with Crippen LogP contribution in [0.3, 0.4) is 0 Å². The van der Waals surface area contributed by atoms with Crippen LogP contribution in [0, 0.1) is 6.92 Å². The lowest BCUT2D eigenvalue weighted by atomic mass is 10.1. The summed E-state index contributed by atoms with van der Waals surface area (Å²) in [5.41, 5.74) is 0.985. The SMILES string of the molecule is CCOC(=O)CN(c1cc(C(=O)OCC)ccc1C)S(=O)(=O)c1ccccc1. The van der Waals surface area contributed by atoms with Gasteiger partial charge in [-0.05, 0) is 50.6 Å². The molecule has 0 fully saturated rings. The van der Waals surface area contributed by atoms with Crippen molar-refractivity contribution in [3.8, 4) is 0 Å². The fraction of sp³-hybridized carbons (Fsp3) is 0.300. The van der Waals surface area contributed by atoms with Gasteiger partial charge in [0.15, 0.2) is 0 Å². The van der Waals surface area contributed by atoms with E-state index in [0.29, 0.717) is 5.56 Å². The van der Waals surface area contributed by atoms with Gasteiger partial charge in [-0.3, -0.25) is 9.10 Å². The minimum atomic E-state index is -4.06. The molecular weight excluding hydrogens is 382 g/mol. The van der Waals surface area contributed by atoms with Crippen LogP contribution in [0.2, 0.25) is 0 Å². The number of esters is 2. The van der Waals surface area contributed by atoms with Crippen LogP contribution in [0.1, 0.15) is 29.8 Å². The number of ether oxygens (including phenoxy) is 2. The van der Waals surface area contributed by atoms with Crippen molar-refractivity contribution in [1.29, 1.82) is 0 Å². The van der Waals surface area contributed by atoms with Gasteiger partial charge in [-0.25, -0.2) is 13.2 Å². The van der Waals surface area contributed by atoms with E-state index in [1.165, 1.54) is 18.2 Å². The summed E-state index contributed by atoms with van der Waals surface area (Å²) in [6.07, 6.45) is 0. The molecule has 0 radical (unpaired) electrons. The molecule has 0 amide bonds. The standard InChI is InChI=1S/C20H23NO6S/c1-4-26-19(22)14-21(28(24,25)17-9-7-6-8-10-17)18-13-16(12-11-15(18)3)20(23)27-5-2/h6-13H,4-5,14H2,1-3H3. The second kappa shape index (κ2) is 9.36. The van der Waals surface area contributed by atoms with Gasteiger partial charge in [0.25, 0.3) is 10.0 Å². The Kier molecular flexibility index (Phi) is 7.17. The summed E-state index contributed by atoms with van der Waals surface area (Å²) >= 11 is 0. The zero-order valence-corrected chi connectivity index (χ0v) is 16.9. The minimum absolute atomic E-state index is 0.0280. The Labute approximate surface area is 164 Å². The van der Waals surface area contributed by atoms with E-state index in [4.69, 9.17) is 9.47 Å². The van der Waals surface area contributed by atoms with Crippen molar-refractivity contribution < 1.29 is 27.5 Å². The molecule has 2 aromatic rings. The molecule has 0 N–H and O–H groups in total. The highest BCUT2D eigenvalue weighted by Gasteiger charge is 2.29. The molecule has 2 aromatic carbocycles. The Morgan fingerprint density at radius 2 is 1.61 bits per heavy atom. The van der Waals surface area contributed by atoms with Gasteiger partial charge in [0, 0.05) is 0 Å². The lowest BCUT2D eigenvalue weighted by Gasteiger charge is -2.25. The first-order valence-electron chi connectivity index (χ1n) is 8.82. The third-order valence-corrected chi connectivity index (χ3v) is 5.67. The van der Waals surface area contributed by atoms with Gasteiger partial charge < -0.3 is 9.47 Å². The summed E-state index contributed by atoms with van der Waals surface area (Å²) < 4.78 is 37.4. The Bertz CT molecular complexity index is 940. The van der Waals surface area contributed by atoms with Crippen LogP contribution in [-0.2, 0) is 24.3 Å². The summed E-state index contributed by atoms with van der Waals surface area (Å²) in [6, 6.07) is 12.3. The first-order chi connectivity index (χ1) is 13.3. The fourth-order valence-corrected chi connectivity index (χ4v) is 4.05. The van der Waals surface area contributed by atoms with Crippen LogP contribution in [0.25, 0.3) is 0 Å². The van der Waals surface area contributed by atoms with Gasteiger partial charge >= 0.3 is 11.9 Å². The largest absolute Gasteiger partial charge is 0.465 e. The van der Waals surface area contributed by atoms with Crippen molar-refractivity contribution in [2.75, 3.05) is 24.1 Å². The first kappa shape index (κ1) is 21.4. The van der Waals surface area contributed by atoms with Gasteiger partial charge in [0.2, 0.25) is 0 Å². The van der Waals surface area contributed by atoms with Crippen LogP contribution in [-0.4, -0.2) is 40.1 Å². The molecule has 8 heteroatoms. The van der Waals surface area contributed by atoms with Crippen molar-refractivity contribution in [3.63, 3.8) is 0 Å². The number of benzene rings is 2. The molecule has 0 unspecified atom stereocenters. The molecule has 0 spiro atoms. The number of hydrogen-bond acceptors (Lipinski definition) is 6. The number of nitrogens with zero attached hydrogens (tertiary/aromatic N) is 1. The van der Waals surface area contributed by atoms with Crippen LogP contribution < -0.4 is 4.31 Å². The third kappa shape index (κ3) is 4.89. The summed E-state index contributed by atoms with van der Waals surface area (Å²) in [4.78, 5) is 24.2. The van der Waals surface area contributed by atoms with E-state index in [0.717, 1.165) is 4.31 Å². The number of carbonyl (C=O) groups is 2. The van der Waals surface area contributed by atoms with Crippen LogP contribution in [0.4, 0.5) is 5.69 Å². The maximum absolute atomic E-state index is 13.2. The number of carbonyl (C=O) groups excluding carboxylic acids is 2. The van der Waals surface area contributed by atoms with Crippen molar-refractivity contribution in [3.05, 3.63) is 59.7 Å². The van der Waals surface area contributed by atoms with E-state index < -0.39 is 28.5 Å². The van der Waals surface area contributed by atoms with Gasteiger partial charge in [0.05, 0.1) is 29.4 Å². The molecule has 0 aromatic heterocycles. The average molecular weight is 405 g/mol. The lowest BCUT2D eigenvalue weighted by Crippen LogP contribution is -2.37. The van der Waals surface area contributed by atoms with E-state index in [-0.39, 0.29) is 29.4 Å². The molecule has 0 bridgehead atoms. The molecule has 0 aliphatic carbocycles. The number of anilines is 1. The molecular formula is C20H23NO6S. The molecule has 2 rings (SSSR count). The van der Waals surface area contributed by atoms with Crippen LogP contribution in [0.5, 0.6) is 0 Å². The first-order valence-corrected chi connectivity index (χ1v) is 10.3. The molecule has 28 heavy (non-hydrogen) atoms. The Balaban J connectivity index is 2.58. The smallest absolute Gasteiger partial charge is 0.338 e. The van der Waals surface area contributed by atoms with E-state index >= 15 is 0 Å². The zero-order valence-electron chi connectivity index (χ0n) is 16.0. The summed E-state index contributed by atoms with van der Waals surface area (Å²) in [5, 5.41) is 0. The number of aryl methyl sites for hydroxylation is 1. The second-order valence-electron chi connectivity index (χ2n) is 5.85. The van der Waals surface area contributed by atoms with Crippen LogP contribution >= 0.6 is 0 Å². The number of hydrogen-bond donors (Lipinski definition) is 0. The van der Waals surface area contributed by atoms with Gasteiger partial charge in [-0.15, -0.1) is 0 Å². The predicted octanol–water partition coefficient (Wildman–Crippen LogP) is 2.93. The van der Waals surface area contributed by atoms with E-state index in [9.17, 15) is 18.0 Å². The molecule has 0 atom stereocenters. The quantitative estimate of drug-likeness (QED) is 0.627. The monoisotopic (exact) mass is 405 g/mol. The van der Waals surface area contributed by atoms with E-state index in [1.807, 2.05) is 0 Å². The maximum atomic E-state index is 13.2. The predicted molar refractivity (Wildman–Crippen MR) is 105 cm³/mol. The van der Waals surface area contributed by atoms with Crippen molar-refractivity contribution in [1.82, 2.24) is 0 Å². The Hall–Kier alpha value is -2.87. The third-order valence-electron chi connectivity index (χ3n) is 3.90. The molecule has 0 aliphatic heterocycles. The molecule has 0 aliphatic rings. The van der Waals surface area contributed by atoms with E-state index in [2.05, 4.69) is 0 Å². The van der Waals surface area contributed by atoms with Gasteiger partial charge in [-0.1, -0.05) is 24.3 Å². The Morgan fingerprint density at radius 1 is 0.964 bits per heavy atom. The molecule has 0 saturated heterocycles. The summed E-state index contributed by atoms with van der Waals surface area (Å²) in [6.45, 7) is 4.82. The topological polar surface area (TPSA) is 90.0 Å².